The van der Waals surface area contributed by atoms with Crippen LogP contribution in [0, 0.1) is 0 Å². The lowest BCUT2D eigenvalue weighted by atomic mass is 9.87. The minimum absolute atomic E-state index is 0.00902. The SMILES string of the molecule is CCOC(=O)C(C(=O)OCC)N1C(=O)[C@@H](n2c(-c3ccccc3)c(-c3ccccc3)oc2=O)[C@H]1CCC(=O)OC. The van der Waals surface area contributed by atoms with Gasteiger partial charge in [-0.3, -0.25) is 14.2 Å². The van der Waals surface area contributed by atoms with Gasteiger partial charge in [-0.05, 0) is 20.3 Å². The normalized spacial score (nSPS) is 16.4. The Labute approximate surface area is 230 Å². The van der Waals surface area contributed by atoms with Crippen molar-refractivity contribution in [2.24, 2.45) is 0 Å². The van der Waals surface area contributed by atoms with Crippen LogP contribution in [0.4, 0.5) is 0 Å². The Balaban J connectivity index is 1.86. The van der Waals surface area contributed by atoms with E-state index in [4.69, 9.17) is 18.6 Å². The molecule has 3 aromatic rings. The number of carbonyl (C=O) groups is 4. The van der Waals surface area contributed by atoms with Crippen molar-refractivity contribution in [3.8, 4) is 22.6 Å². The second-order valence-electron chi connectivity index (χ2n) is 8.93. The number of likely N-dealkylation sites (tertiary alicyclic amines) is 1. The zero-order valence-electron chi connectivity index (χ0n) is 22.4. The molecule has 1 aliphatic rings. The van der Waals surface area contributed by atoms with Gasteiger partial charge in [-0.15, -0.1) is 0 Å². The zero-order chi connectivity index (χ0) is 28.8. The first-order chi connectivity index (χ1) is 19.3. The molecule has 0 aliphatic carbocycles. The van der Waals surface area contributed by atoms with Gasteiger partial charge in [0.1, 0.15) is 6.04 Å². The van der Waals surface area contributed by atoms with Gasteiger partial charge in [-0.1, -0.05) is 60.7 Å². The molecule has 1 saturated heterocycles. The molecule has 1 aromatic heterocycles. The molecule has 1 amide bonds. The molecule has 0 N–H and O–H groups in total. The van der Waals surface area contributed by atoms with E-state index in [1.165, 1.54) is 11.7 Å². The Morgan fingerprint density at radius 3 is 1.95 bits per heavy atom. The van der Waals surface area contributed by atoms with E-state index in [9.17, 15) is 24.0 Å². The van der Waals surface area contributed by atoms with E-state index in [1.54, 1.807) is 62.4 Å². The fraction of sp³-hybridized carbons (Fsp3) is 0.345. The van der Waals surface area contributed by atoms with Crippen LogP contribution >= 0.6 is 0 Å². The highest BCUT2D eigenvalue weighted by atomic mass is 16.6. The number of nitrogens with zero attached hydrogens (tertiary/aromatic N) is 2. The van der Waals surface area contributed by atoms with E-state index in [-0.39, 0.29) is 31.8 Å². The van der Waals surface area contributed by atoms with Gasteiger partial charge in [0.2, 0.25) is 11.9 Å². The van der Waals surface area contributed by atoms with Crippen LogP contribution in [0.25, 0.3) is 22.6 Å². The van der Waals surface area contributed by atoms with Crippen LogP contribution in [-0.4, -0.2) is 65.7 Å². The van der Waals surface area contributed by atoms with Gasteiger partial charge in [0, 0.05) is 17.5 Å². The summed E-state index contributed by atoms with van der Waals surface area (Å²) in [4.78, 5) is 66.1. The third-order valence-corrected chi connectivity index (χ3v) is 6.60. The molecule has 1 fully saturated rings. The van der Waals surface area contributed by atoms with Gasteiger partial charge in [0.05, 0.1) is 32.1 Å². The molecular formula is C29H30N2O9. The molecule has 0 saturated carbocycles. The molecule has 40 heavy (non-hydrogen) atoms. The van der Waals surface area contributed by atoms with Crippen molar-refractivity contribution in [1.29, 1.82) is 0 Å². The molecule has 4 rings (SSSR count). The van der Waals surface area contributed by atoms with E-state index in [0.717, 1.165) is 4.90 Å². The number of ether oxygens (including phenoxy) is 3. The largest absolute Gasteiger partial charge is 0.469 e. The van der Waals surface area contributed by atoms with Crippen molar-refractivity contribution in [1.82, 2.24) is 9.47 Å². The van der Waals surface area contributed by atoms with Crippen LogP contribution in [0.1, 0.15) is 32.7 Å². The van der Waals surface area contributed by atoms with Gasteiger partial charge in [0.25, 0.3) is 0 Å². The van der Waals surface area contributed by atoms with Gasteiger partial charge < -0.3 is 23.5 Å². The summed E-state index contributed by atoms with van der Waals surface area (Å²) < 4.78 is 21.9. The smallest absolute Gasteiger partial charge is 0.420 e. The summed E-state index contributed by atoms with van der Waals surface area (Å²) in [6.07, 6.45) is -0.149. The number of benzene rings is 2. The van der Waals surface area contributed by atoms with Gasteiger partial charge in [-0.25, -0.2) is 14.4 Å². The molecular weight excluding hydrogens is 520 g/mol. The molecule has 0 spiro atoms. The number of rotatable bonds is 11. The van der Waals surface area contributed by atoms with E-state index in [2.05, 4.69) is 0 Å². The summed E-state index contributed by atoms with van der Waals surface area (Å²) in [5.41, 5.74) is 1.57. The lowest BCUT2D eigenvalue weighted by molar-refractivity contribution is -0.181. The van der Waals surface area contributed by atoms with E-state index >= 15 is 0 Å². The lowest BCUT2D eigenvalue weighted by Crippen LogP contribution is -2.69. The van der Waals surface area contributed by atoms with Crippen LogP contribution in [0.2, 0.25) is 0 Å². The Hall–Kier alpha value is -4.67. The van der Waals surface area contributed by atoms with Gasteiger partial charge in [-0.2, -0.15) is 0 Å². The minimum atomic E-state index is -1.71. The molecule has 11 nitrogen and oxygen atoms in total. The monoisotopic (exact) mass is 550 g/mol. The fourth-order valence-corrected chi connectivity index (χ4v) is 4.87. The first kappa shape index (κ1) is 28.3. The van der Waals surface area contributed by atoms with Gasteiger partial charge >= 0.3 is 23.7 Å². The Kier molecular flexibility index (Phi) is 8.83. The third kappa shape index (κ3) is 5.40. The third-order valence-electron chi connectivity index (χ3n) is 6.60. The molecule has 0 radical (unpaired) electrons. The van der Waals surface area contributed by atoms with Crippen molar-refractivity contribution in [3.63, 3.8) is 0 Å². The minimum Gasteiger partial charge on any atom is -0.469 e. The van der Waals surface area contributed by atoms with Crippen molar-refractivity contribution < 1.29 is 37.8 Å². The van der Waals surface area contributed by atoms with Crippen molar-refractivity contribution in [2.75, 3.05) is 20.3 Å². The average Bonchev–Trinajstić information content (AvgIpc) is 3.30. The highest BCUT2D eigenvalue weighted by molar-refractivity contribution is 6.05. The van der Waals surface area contributed by atoms with Gasteiger partial charge in [0.15, 0.2) is 5.76 Å². The Bertz CT molecular complexity index is 1410. The molecule has 0 bridgehead atoms. The Morgan fingerprint density at radius 1 is 0.875 bits per heavy atom. The van der Waals surface area contributed by atoms with E-state index in [0.29, 0.717) is 16.8 Å². The number of amides is 1. The number of oxazole rings is 1. The number of carbonyl (C=O) groups excluding carboxylic acids is 4. The molecule has 0 unspecified atom stereocenters. The van der Waals surface area contributed by atoms with Crippen LogP contribution < -0.4 is 5.76 Å². The highest BCUT2D eigenvalue weighted by Crippen LogP contribution is 2.41. The van der Waals surface area contributed by atoms with Crippen LogP contribution in [-0.2, 0) is 33.4 Å². The second kappa shape index (κ2) is 12.5. The summed E-state index contributed by atoms with van der Waals surface area (Å²) in [5.74, 6) is -3.74. The van der Waals surface area contributed by atoms with E-state index in [1.807, 2.05) is 12.1 Å². The first-order valence-corrected chi connectivity index (χ1v) is 12.9. The summed E-state index contributed by atoms with van der Waals surface area (Å²) >= 11 is 0. The fourth-order valence-electron chi connectivity index (χ4n) is 4.87. The first-order valence-electron chi connectivity index (χ1n) is 12.9. The molecule has 1 aliphatic heterocycles. The number of aromatic nitrogens is 1. The van der Waals surface area contributed by atoms with E-state index < -0.39 is 47.7 Å². The molecule has 2 atom stereocenters. The highest BCUT2D eigenvalue weighted by Gasteiger charge is 2.57. The second-order valence-corrected chi connectivity index (χ2v) is 8.93. The van der Waals surface area contributed by atoms with Crippen LogP contribution in [0.3, 0.4) is 0 Å². The molecule has 2 aromatic carbocycles. The van der Waals surface area contributed by atoms with Crippen molar-refractivity contribution >= 4 is 23.8 Å². The maximum Gasteiger partial charge on any atom is 0.420 e. The van der Waals surface area contributed by atoms with Crippen molar-refractivity contribution in [2.45, 2.75) is 44.8 Å². The Morgan fingerprint density at radius 2 is 1.43 bits per heavy atom. The molecule has 2 heterocycles. The number of hydrogen-bond acceptors (Lipinski definition) is 9. The summed E-state index contributed by atoms with van der Waals surface area (Å²) in [6, 6.07) is 14.1. The lowest BCUT2D eigenvalue weighted by Gasteiger charge is -2.49. The topological polar surface area (TPSA) is 134 Å². The summed E-state index contributed by atoms with van der Waals surface area (Å²) in [7, 11) is 1.23. The van der Waals surface area contributed by atoms with Crippen molar-refractivity contribution in [3.05, 3.63) is 71.2 Å². The molecule has 210 valence electrons. The number of methoxy groups -OCH3 is 1. The van der Waals surface area contributed by atoms with Crippen LogP contribution in [0.15, 0.2) is 69.9 Å². The summed E-state index contributed by atoms with van der Waals surface area (Å²) in [6.45, 7) is 3.06. The zero-order valence-corrected chi connectivity index (χ0v) is 22.4. The number of esters is 3. The predicted molar refractivity (Wildman–Crippen MR) is 142 cm³/mol. The number of hydrogen-bond donors (Lipinski definition) is 0. The standard InChI is InChI=1S/C29H30N2O9/c1-4-38-27(34)24(28(35)39-5-2)30-20(16-17-21(32)37-3)23(26(30)33)31-22(18-12-8-6-9-13-18)25(40-29(31)36)19-14-10-7-11-15-19/h6-15,20,23-24H,4-5,16-17H2,1-3H3/t20-,23+/m1/s1. The van der Waals surface area contributed by atoms with Crippen LogP contribution in [0.5, 0.6) is 0 Å². The maximum absolute atomic E-state index is 13.8. The summed E-state index contributed by atoms with van der Waals surface area (Å²) in [5, 5.41) is 0. The molecule has 11 heteroatoms. The quantitative estimate of drug-likeness (QED) is 0.153. The average molecular weight is 551 g/mol. The predicted octanol–water partition coefficient (Wildman–Crippen LogP) is 2.98. The maximum atomic E-state index is 13.8. The number of β-lactam (4-membered cyclic amide) rings is 1.